The number of unbranched alkanes of at least 4 members (excludes halogenated alkanes) is 1. The van der Waals surface area contributed by atoms with Crippen molar-refractivity contribution in [3.63, 3.8) is 0 Å². The van der Waals surface area contributed by atoms with E-state index < -0.39 is 0 Å². The van der Waals surface area contributed by atoms with Crippen LogP contribution in [0.4, 0.5) is 0 Å². The van der Waals surface area contributed by atoms with Crippen LogP contribution in [0.5, 0.6) is 0 Å². The number of hydrogen-bond donors (Lipinski definition) is 0. The Hall–Kier alpha value is -1.32. The van der Waals surface area contributed by atoms with Crippen LogP contribution >= 0.6 is 11.6 Å². The van der Waals surface area contributed by atoms with Crippen molar-refractivity contribution in [3.8, 4) is 0 Å². The molecule has 1 saturated heterocycles. The summed E-state index contributed by atoms with van der Waals surface area (Å²) in [6.45, 7) is 2.96. The van der Waals surface area contributed by atoms with E-state index in [0.717, 1.165) is 31.4 Å². The molecule has 2 atom stereocenters. The minimum atomic E-state index is 0.102. The van der Waals surface area contributed by atoms with Gasteiger partial charge < -0.3 is 4.90 Å². The number of carbonyl (C=O) groups is 1. The number of benzene rings is 1. The number of carbonyl (C=O) groups excluding carboxylic acids is 1. The second-order valence-corrected chi connectivity index (χ2v) is 7.08. The molecular weight excluding hydrogens is 308 g/mol. The highest BCUT2D eigenvalue weighted by atomic mass is 35.5. The van der Waals surface area contributed by atoms with Gasteiger partial charge in [0.1, 0.15) is 0 Å². The maximum absolute atomic E-state index is 13.0. The Morgan fingerprint density at radius 2 is 2.04 bits per heavy atom. The Labute approximate surface area is 143 Å². The van der Waals surface area contributed by atoms with Gasteiger partial charge in [0.05, 0.1) is 0 Å². The van der Waals surface area contributed by atoms with E-state index in [0.29, 0.717) is 17.1 Å². The molecule has 0 spiro atoms. The molecule has 2 aliphatic rings. The second kappa shape index (κ2) is 7.06. The molecule has 0 aromatic heterocycles. The summed E-state index contributed by atoms with van der Waals surface area (Å²) in [7, 11) is 2.20. The molecule has 0 radical (unpaired) electrons. The predicted molar refractivity (Wildman–Crippen MR) is 94.7 cm³/mol. The van der Waals surface area contributed by atoms with Crippen LogP contribution in [0.1, 0.15) is 49.4 Å². The lowest BCUT2D eigenvalue weighted by Gasteiger charge is -2.35. The topological polar surface area (TPSA) is 23.6 Å². The Kier molecular flexibility index (Phi) is 5.08. The molecule has 1 aromatic carbocycles. The van der Waals surface area contributed by atoms with Gasteiger partial charge in [-0.15, -0.1) is 0 Å². The Bertz CT molecular complexity index is 596. The summed E-state index contributed by atoms with van der Waals surface area (Å²) in [4.78, 5) is 17.5. The van der Waals surface area contributed by atoms with E-state index >= 15 is 0 Å². The molecule has 4 heteroatoms. The average Bonchev–Trinajstić information content (AvgIpc) is 2.76. The fourth-order valence-electron chi connectivity index (χ4n) is 3.66. The van der Waals surface area contributed by atoms with Crippen molar-refractivity contribution >= 4 is 17.5 Å². The maximum atomic E-state index is 13.0. The summed E-state index contributed by atoms with van der Waals surface area (Å²) >= 11 is 5.95. The average molecular weight is 333 g/mol. The molecule has 0 unspecified atom stereocenters. The van der Waals surface area contributed by atoms with Crippen molar-refractivity contribution in [1.29, 1.82) is 0 Å². The maximum Gasteiger partial charge on any atom is 0.258 e. The normalized spacial score (nSPS) is 23.7. The van der Waals surface area contributed by atoms with Crippen molar-refractivity contribution in [2.45, 2.75) is 51.1 Å². The molecule has 2 heterocycles. The molecule has 0 aliphatic carbocycles. The molecule has 124 valence electrons. The first kappa shape index (κ1) is 16.5. The minimum Gasteiger partial charge on any atom is -0.312 e. The van der Waals surface area contributed by atoms with E-state index in [2.05, 4.69) is 24.9 Å². The van der Waals surface area contributed by atoms with Crippen molar-refractivity contribution in [2.75, 3.05) is 13.6 Å². The van der Waals surface area contributed by atoms with Crippen molar-refractivity contribution in [1.82, 2.24) is 9.80 Å². The number of hydrogen-bond acceptors (Lipinski definition) is 2. The Morgan fingerprint density at radius 3 is 2.70 bits per heavy atom. The first-order chi connectivity index (χ1) is 11.1. The predicted octanol–water partition coefficient (Wildman–Crippen LogP) is 4.33. The highest BCUT2D eigenvalue weighted by Crippen LogP contribution is 2.35. The first-order valence-corrected chi connectivity index (χ1v) is 8.98. The molecule has 0 saturated carbocycles. The zero-order chi connectivity index (χ0) is 16.4. The molecule has 1 aromatic rings. The third kappa shape index (κ3) is 3.46. The summed E-state index contributed by atoms with van der Waals surface area (Å²) in [5.74, 6) is 0.102. The van der Waals surface area contributed by atoms with Gasteiger partial charge in [0.25, 0.3) is 5.91 Å². The minimum absolute atomic E-state index is 0.102. The quantitative estimate of drug-likeness (QED) is 0.801. The van der Waals surface area contributed by atoms with Crippen LogP contribution < -0.4 is 0 Å². The molecule has 23 heavy (non-hydrogen) atoms. The van der Waals surface area contributed by atoms with Crippen LogP contribution in [0.3, 0.4) is 0 Å². The van der Waals surface area contributed by atoms with Gasteiger partial charge in [0.15, 0.2) is 0 Å². The standard InChI is InChI=1S/C19H25ClN2O/c1-3-4-11-22(19(23)14-5-7-15(20)8-6-14)18-12-16-9-10-17(13-18)21(16)2/h5-8,12,16-17H,3-4,9-11,13H2,1-2H3/t16-,17+/m0/s1. The fourth-order valence-corrected chi connectivity index (χ4v) is 3.79. The largest absolute Gasteiger partial charge is 0.312 e. The number of rotatable bonds is 5. The summed E-state index contributed by atoms with van der Waals surface area (Å²) in [5, 5.41) is 0.665. The molecule has 1 fully saturated rings. The highest BCUT2D eigenvalue weighted by Gasteiger charge is 2.36. The molecule has 2 aliphatic heterocycles. The molecular formula is C19H25ClN2O. The number of halogens is 1. The van der Waals surface area contributed by atoms with Crippen LogP contribution in [0.25, 0.3) is 0 Å². The fraction of sp³-hybridized carbons (Fsp3) is 0.526. The number of nitrogens with zero attached hydrogens (tertiary/aromatic N) is 2. The number of fused-ring (bicyclic) bond motifs is 2. The number of amides is 1. The van der Waals surface area contributed by atoms with Gasteiger partial charge in [0.2, 0.25) is 0 Å². The zero-order valence-electron chi connectivity index (χ0n) is 14.0. The summed E-state index contributed by atoms with van der Waals surface area (Å²) < 4.78 is 0. The van der Waals surface area contributed by atoms with E-state index in [4.69, 9.17) is 11.6 Å². The molecule has 2 bridgehead atoms. The molecule has 1 amide bonds. The number of likely N-dealkylation sites (N-methyl/N-ethyl adjacent to an activating group) is 1. The van der Waals surface area contributed by atoms with Crippen LogP contribution in [0.15, 0.2) is 36.0 Å². The lowest BCUT2D eigenvalue weighted by Crippen LogP contribution is -2.41. The Morgan fingerprint density at radius 1 is 1.30 bits per heavy atom. The lowest BCUT2D eigenvalue weighted by atomic mass is 10.0. The third-order valence-electron chi connectivity index (χ3n) is 5.14. The first-order valence-electron chi connectivity index (χ1n) is 8.60. The summed E-state index contributed by atoms with van der Waals surface area (Å²) in [6.07, 6.45) is 7.86. The Balaban J connectivity index is 1.84. The molecule has 3 rings (SSSR count). The third-order valence-corrected chi connectivity index (χ3v) is 5.39. The van der Waals surface area contributed by atoms with Crippen molar-refractivity contribution in [2.24, 2.45) is 0 Å². The van der Waals surface area contributed by atoms with Gasteiger partial charge in [0, 0.05) is 41.3 Å². The van der Waals surface area contributed by atoms with Gasteiger partial charge in [-0.3, -0.25) is 9.69 Å². The van der Waals surface area contributed by atoms with Gasteiger partial charge >= 0.3 is 0 Å². The molecule has 0 N–H and O–H groups in total. The van der Waals surface area contributed by atoms with E-state index in [9.17, 15) is 4.79 Å². The van der Waals surface area contributed by atoms with Gasteiger partial charge in [-0.2, -0.15) is 0 Å². The van der Waals surface area contributed by atoms with Crippen molar-refractivity contribution < 1.29 is 4.79 Å². The summed E-state index contributed by atoms with van der Waals surface area (Å²) in [5.41, 5.74) is 1.93. The van der Waals surface area contributed by atoms with E-state index in [1.807, 2.05) is 17.0 Å². The second-order valence-electron chi connectivity index (χ2n) is 6.64. The molecule has 3 nitrogen and oxygen atoms in total. The van der Waals surface area contributed by atoms with E-state index in [-0.39, 0.29) is 5.91 Å². The SMILES string of the molecule is CCCCN(C(=O)c1ccc(Cl)cc1)C1=C[C@@H]2CC[C@H](C1)N2C. The van der Waals surface area contributed by atoms with Crippen molar-refractivity contribution in [3.05, 3.63) is 46.6 Å². The van der Waals surface area contributed by atoms with Gasteiger partial charge in [-0.1, -0.05) is 24.9 Å². The van der Waals surface area contributed by atoms with E-state index in [1.54, 1.807) is 12.1 Å². The van der Waals surface area contributed by atoms with E-state index in [1.165, 1.54) is 18.5 Å². The summed E-state index contributed by atoms with van der Waals surface area (Å²) in [6, 6.07) is 8.31. The lowest BCUT2D eigenvalue weighted by molar-refractivity contribution is 0.0784. The zero-order valence-corrected chi connectivity index (χ0v) is 14.7. The van der Waals surface area contributed by atoms with Gasteiger partial charge in [-0.05, 0) is 56.7 Å². The van der Waals surface area contributed by atoms with Crippen LogP contribution in [0.2, 0.25) is 5.02 Å². The van der Waals surface area contributed by atoms with Crippen LogP contribution in [-0.2, 0) is 0 Å². The highest BCUT2D eigenvalue weighted by molar-refractivity contribution is 6.30. The van der Waals surface area contributed by atoms with Crippen LogP contribution in [-0.4, -0.2) is 41.4 Å². The van der Waals surface area contributed by atoms with Gasteiger partial charge in [-0.25, -0.2) is 0 Å². The monoisotopic (exact) mass is 332 g/mol. The van der Waals surface area contributed by atoms with Crippen LogP contribution in [0, 0.1) is 0 Å². The smallest absolute Gasteiger partial charge is 0.258 e.